The highest BCUT2D eigenvalue weighted by atomic mass is 32.2. The Balaban J connectivity index is 2.22. The first-order chi connectivity index (χ1) is 9.79. The summed E-state index contributed by atoms with van der Waals surface area (Å²) in [6.45, 7) is 0. The smallest absolute Gasteiger partial charge is 0.303 e. The van der Waals surface area contributed by atoms with Gasteiger partial charge in [0.1, 0.15) is 5.82 Å². The van der Waals surface area contributed by atoms with Crippen LogP contribution in [-0.4, -0.2) is 35.3 Å². The van der Waals surface area contributed by atoms with Crippen molar-refractivity contribution in [2.24, 2.45) is 7.05 Å². The third-order valence-corrected chi connectivity index (χ3v) is 4.52. The Morgan fingerprint density at radius 2 is 2.05 bits per heavy atom. The summed E-state index contributed by atoms with van der Waals surface area (Å²) in [6, 6.07) is 4.90. The van der Waals surface area contributed by atoms with Gasteiger partial charge in [0.25, 0.3) is 0 Å². The van der Waals surface area contributed by atoms with Crippen molar-refractivity contribution in [2.45, 2.75) is 30.6 Å². The van der Waals surface area contributed by atoms with Crippen LogP contribution in [0.5, 0.6) is 0 Å². The van der Waals surface area contributed by atoms with Crippen molar-refractivity contribution < 1.29 is 18.3 Å². The van der Waals surface area contributed by atoms with Gasteiger partial charge in [-0.25, -0.2) is 13.4 Å². The number of sulfone groups is 1. The quantitative estimate of drug-likeness (QED) is 0.821. The molecule has 6 nitrogen and oxygen atoms in total. The van der Waals surface area contributed by atoms with Gasteiger partial charge in [-0.2, -0.15) is 0 Å². The molecule has 114 valence electrons. The van der Waals surface area contributed by atoms with E-state index in [1.165, 1.54) is 6.26 Å². The number of unbranched alkanes of at least 4 members (excludes halogenated alkanes) is 1. The predicted octanol–water partition coefficient (Wildman–Crippen LogP) is 1.77. The van der Waals surface area contributed by atoms with Crippen LogP contribution in [0.15, 0.2) is 23.1 Å². The zero-order valence-electron chi connectivity index (χ0n) is 12.0. The number of fused-ring (bicyclic) bond motifs is 1. The summed E-state index contributed by atoms with van der Waals surface area (Å²) in [5.74, 6) is 0.0406. The molecule has 0 aliphatic heterocycles. The number of hydrogen-bond donors (Lipinski definition) is 1. The summed E-state index contributed by atoms with van der Waals surface area (Å²) in [7, 11) is -1.37. The van der Waals surface area contributed by atoms with Crippen LogP contribution in [0.25, 0.3) is 11.0 Å². The van der Waals surface area contributed by atoms with Gasteiger partial charge in [0.05, 0.1) is 15.9 Å². The topological polar surface area (TPSA) is 89.3 Å². The number of nitrogens with zero attached hydrogens (tertiary/aromatic N) is 2. The first-order valence-electron chi connectivity index (χ1n) is 6.66. The summed E-state index contributed by atoms with van der Waals surface area (Å²) >= 11 is 0. The maximum absolute atomic E-state index is 11.6. The number of benzene rings is 1. The molecule has 0 atom stereocenters. The second-order valence-corrected chi connectivity index (χ2v) is 7.13. The highest BCUT2D eigenvalue weighted by molar-refractivity contribution is 7.90. The summed E-state index contributed by atoms with van der Waals surface area (Å²) < 4.78 is 25.0. The number of aryl methyl sites for hydroxylation is 2. The zero-order valence-corrected chi connectivity index (χ0v) is 12.9. The lowest BCUT2D eigenvalue weighted by Crippen LogP contribution is -2.00. The van der Waals surface area contributed by atoms with Gasteiger partial charge in [-0.3, -0.25) is 4.79 Å². The van der Waals surface area contributed by atoms with Crippen molar-refractivity contribution >= 4 is 26.8 Å². The highest BCUT2D eigenvalue weighted by Gasteiger charge is 2.12. The summed E-state index contributed by atoms with van der Waals surface area (Å²) in [4.78, 5) is 15.2. The van der Waals surface area contributed by atoms with Crippen molar-refractivity contribution in [2.75, 3.05) is 6.26 Å². The predicted molar refractivity (Wildman–Crippen MR) is 79.0 cm³/mol. The van der Waals surface area contributed by atoms with Crippen LogP contribution in [-0.2, 0) is 28.1 Å². The second kappa shape index (κ2) is 5.85. The molecule has 0 aliphatic rings. The summed E-state index contributed by atoms with van der Waals surface area (Å²) in [6.07, 6.45) is 3.34. The normalized spacial score (nSPS) is 11.9. The lowest BCUT2D eigenvalue weighted by atomic mass is 10.2. The van der Waals surface area contributed by atoms with Gasteiger partial charge in [0.15, 0.2) is 9.84 Å². The Morgan fingerprint density at radius 1 is 1.33 bits per heavy atom. The van der Waals surface area contributed by atoms with Crippen molar-refractivity contribution in [1.29, 1.82) is 0 Å². The Morgan fingerprint density at radius 3 is 2.67 bits per heavy atom. The van der Waals surface area contributed by atoms with Crippen LogP contribution < -0.4 is 0 Å². The Labute approximate surface area is 123 Å². The number of carboxylic acid groups (broad SMARTS) is 1. The van der Waals surface area contributed by atoms with Crippen molar-refractivity contribution in [3.05, 3.63) is 24.0 Å². The molecule has 0 unspecified atom stereocenters. The number of rotatable bonds is 6. The molecule has 0 aliphatic carbocycles. The molecule has 1 N–H and O–H groups in total. The SMILES string of the molecule is Cn1c(CCCCC(=O)O)nc2cc(S(C)(=O)=O)ccc21. The fourth-order valence-corrected chi connectivity index (χ4v) is 2.88. The Kier molecular flexibility index (Phi) is 4.32. The number of aromatic nitrogens is 2. The minimum absolute atomic E-state index is 0.155. The third kappa shape index (κ3) is 3.60. The van der Waals surface area contributed by atoms with Gasteiger partial charge in [-0.15, -0.1) is 0 Å². The molecule has 0 bridgehead atoms. The lowest BCUT2D eigenvalue weighted by Gasteiger charge is -2.02. The van der Waals surface area contributed by atoms with E-state index in [1.54, 1.807) is 18.2 Å². The van der Waals surface area contributed by atoms with Gasteiger partial charge >= 0.3 is 5.97 Å². The minimum Gasteiger partial charge on any atom is -0.481 e. The molecule has 2 rings (SSSR count). The molecule has 0 saturated carbocycles. The summed E-state index contributed by atoms with van der Waals surface area (Å²) in [5, 5.41) is 8.61. The van der Waals surface area contributed by atoms with E-state index in [9.17, 15) is 13.2 Å². The summed E-state index contributed by atoms with van der Waals surface area (Å²) in [5.41, 5.74) is 1.52. The van der Waals surface area contributed by atoms with Crippen LogP contribution in [0.4, 0.5) is 0 Å². The molecule has 2 aromatic rings. The molecule has 21 heavy (non-hydrogen) atoms. The lowest BCUT2D eigenvalue weighted by molar-refractivity contribution is -0.137. The average molecular weight is 310 g/mol. The van der Waals surface area contributed by atoms with E-state index in [4.69, 9.17) is 5.11 Å². The van der Waals surface area contributed by atoms with Crippen LogP contribution in [0.2, 0.25) is 0 Å². The van der Waals surface area contributed by atoms with Gasteiger partial charge in [-0.1, -0.05) is 0 Å². The molecule has 0 fully saturated rings. The fourth-order valence-electron chi connectivity index (χ4n) is 2.24. The molecular weight excluding hydrogens is 292 g/mol. The molecule has 0 radical (unpaired) electrons. The van der Waals surface area contributed by atoms with Crippen molar-refractivity contribution in [3.8, 4) is 0 Å². The number of hydrogen-bond acceptors (Lipinski definition) is 4. The number of carboxylic acids is 1. The van der Waals surface area contributed by atoms with E-state index < -0.39 is 15.8 Å². The molecule has 1 aromatic carbocycles. The molecule has 0 amide bonds. The number of carbonyl (C=O) groups is 1. The molecular formula is C14H18N2O4S. The Hall–Kier alpha value is -1.89. The van der Waals surface area contributed by atoms with E-state index in [2.05, 4.69) is 4.98 Å². The van der Waals surface area contributed by atoms with E-state index >= 15 is 0 Å². The van der Waals surface area contributed by atoms with Crippen LogP contribution in [0.3, 0.4) is 0 Å². The first-order valence-corrected chi connectivity index (χ1v) is 8.55. The van der Waals surface area contributed by atoms with Crippen LogP contribution in [0.1, 0.15) is 25.1 Å². The molecule has 1 heterocycles. The van der Waals surface area contributed by atoms with Crippen LogP contribution in [0, 0.1) is 0 Å². The van der Waals surface area contributed by atoms with Gasteiger partial charge in [0.2, 0.25) is 0 Å². The van der Waals surface area contributed by atoms with Gasteiger partial charge in [-0.05, 0) is 31.0 Å². The number of imidazole rings is 1. The minimum atomic E-state index is -3.24. The largest absolute Gasteiger partial charge is 0.481 e. The fraction of sp³-hybridized carbons (Fsp3) is 0.429. The van der Waals surface area contributed by atoms with Crippen molar-refractivity contribution in [3.63, 3.8) is 0 Å². The van der Waals surface area contributed by atoms with E-state index in [1.807, 2.05) is 11.6 Å². The van der Waals surface area contributed by atoms with E-state index in [0.717, 1.165) is 17.8 Å². The third-order valence-electron chi connectivity index (χ3n) is 3.41. The standard InChI is InChI=1S/C14H18N2O4S/c1-16-12-8-7-10(21(2,19)20)9-11(12)15-13(16)5-3-4-6-14(17)18/h7-9H,3-6H2,1-2H3,(H,17,18). The van der Waals surface area contributed by atoms with Gasteiger partial charge in [0, 0.05) is 26.1 Å². The number of aliphatic carboxylic acids is 1. The monoisotopic (exact) mass is 310 g/mol. The van der Waals surface area contributed by atoms with Gasteiger partial charge < -0.3 is 9.67 Å². The maximum atomic E-state index is 11.6. The maximum Gasteiger partial charge on any atom is 0.303 e. The highest BCUT2D eigenvalue weighted by Crippen LogP contribution is 2.20. The first kappa shape index (κ1) is 15.5. The average Bonchev–Trinajstić information content (AvgIpc) is 2.70. The van der Waals surface area contributed by atoms with E-state index in [0.29, 0.717) is 18.4 Å². The molecule has 0 spiro atoms. The zero-order chi connectivity index (χ0) is 15.6. The molecule has 7 heteroatoms. The van der Waals surface area contributed by atoms with Crippen LogP contribution >= 0.6 is 0 Å². The molecule has 1 aromatic heterocycles. The second-order valence-electron chi connectivity index (χ2n) is 5.11. The molecule has 0 saturated heterocycles. The van der Waals surface area contributed by atoms with E-state index in [-0.39, 0.29) is 11.3 Å². The van der Waals surface area contributed by atoms with Crippen molar-refractivity contribution in [1.82, 2.24) is 9.55 Å². The Bertz CT molecular complexity index is 778.